The molecule has 0 saturated carbocycles. The van der Waals surface area contributed by atoms with Gasteiger partial charge < -0.3 is 10.6 Å². The van der Waals surface area contributed by atoms with Gasteiger partial charge in [-0.05, 0) is 37.5 Å². The van der Waals surface area contributed by atoms with E-state index in [0.29, 0.717) is 31.4 Å². The molecule has 0 fully saturated rings. The molecule has 6 heteroatoms. The molecule has 144 valence electrons. The van der Waals surface area contributed by atoms with Crippen LogP contribution >= 0.6 is 0 Å². The van der Waals surface area contributed by atoms with Crippen LogP contribution in [-0.2, 0) is 25.6 Å². The SMILES string of the molecule is CC.CNC(=O)CCCC(=O)Nc1ccc(CCC(=O)CC(C)=O)cc1. The van der Waals surface area contributed by atoms with Crippen molar-refractivity contribution >= 4 is 29.1 Å². The number of nitrogens with one attached hydrogen (secondary N) is 2. The largest absolute Gasteiger partial charge is 0.359 e. The number of carbonyl (C=O) groups excluding carboxylic acids is 4. The van der Waals surface area contributed by atoms with Crippen molar-refractivity contribution in [3.8, 4) is 0 Å². The minimum atomic E-state index is -0.136. The van der Waals surface area contributed by atoms with Gasteiger partial charge in [-0.15, -0.1) is 0 Å². The van der Waals surface area contributed by atoms with Gasteiger partial charge in [0.05, 0.1) is 6.42 Å². The van der Waals surface area contributed by atoms with Crippen LogP contribution in [0.4, 0.5) is 5.69 Å². The van der Waals surface area contributed by atoms with Crippen molar-refractivity contribution in [3.63, 3.8) is 0 Å². The first-order valence-electron chi connectivity index (χ1n) is 9.01. The summed E-state index contributed by atoms with van der Waals surface area (Å²) in [6.07, 6.45) is 2.02. The molecular weight excluding hydrogens is 332 g/mol. The molecule has 0 bridgehead atoms. The molecule has 0 aromatic heterocycles. The van der Waals surface area contributed by atoms with E-state index in [1.165, 1.54) is 6.92 Å². The van der Waals surface area contributed by atoms with Crippen LogP contribution in [0.1, 0.15) is 58.4 Å². The molecule has 26 heavy (non-hydrogen) atoms. The van der Waals surface area contributed by atoms with Crippen LogP contribution in [0.25, 0.3) is 0 Å². The predicted molar refractivity (Wildman–Crippen MR) is 103 cm³/mol. The van der Waals surface area contributed by atoms with Crippen molar-refractivity contribution in [1.82, 2.24) is 5.32 Å². The van der Waals surface area contributed by atoms with Gasteiger partial charge in [0.2, 0.25) is 11.8 Å². The Morgan fingerprint density at radius 3 is 2.00 bits per heavy atom. The van der Waals surface area contributed by atoms with Crippen molar-refractivity contribution < 1.29 is 19.2 Å². The summed E-state index contributed by atoms with van der Waals surface area (Å²) in [5.74, 6) is -0.389. The first kappa shape index (κ1) is 23.5. The van der Waals surface area contributed by atoms with Crippen molar-refractivity contribution in [2.75, 3.05) is 12.4 Å². The van der Waals surface area contributed by atoms with E-state index in [1.807, 2.05) is 26.0 Å². The quantitative estimate of drug-likeness (QED) is 0.626. The number of benzene rings is 1. The van der Waals surface area contributed by atoms with Crippen molar-refractivity contribution in [2.45, 2.75) is 59.3 Å². The Hall–Kier alpha value is -2.50. The molecule has 0 spiro atoms. The third kappa shape index (κ3) is 11.1. The standard InChI is InChI=1S/C18H24N2O4.C2H6/c1-13(21)12-16(22)11-8-14-6-9-15(10-7-14)20-18(24)5-3-4-17(23)19-2;1-2/h6-7,9-10H,3-5,8,11-12H2,1-2H3,(H,19,23)(H,20,24);1-2H3. The molecule has 0 radical (unpaired) electrons. The van der Waals surface area contributed by atoms with E-state index >= 15 is 0 Å². The minimum absolute atomic E-state index is 0.00973. The van der Waals surface area contributed by atoms with Crippen LogP contribution in [0.2, 0.25) is 0 Å². The summed E-state index contributed by atoms with van der Waals surface area (Å²) in [5.41, 5.74) is 1.66. The van der Waals surface area contributed by atoms with Gasteiger partial charge in [0.15, 0.2) is 0 Å². The minimum Gasteiger partial charge on any atom is -0.359 e. The molecule has 2 amide bonds. The fourth-order valence-corrected chi connectivity index (χ4v) is 2.16. The Labute approximate surface area is 155 Å². The van der Waals surface area contributed by atoms with Crippen molar-refractivity contribution in [1.29, 1.82) is 0 Å². The van der Waals surface area contributed by atoms with Crippen LogP contribution in [0.3, 0.4) is 0 Å². The average molecular weight is 362 g/mol. The lowest BCUT2D eigenvalue weighted by molar-refractivity contribution is -0.126. The second-order valence-electron chi connectivity index (χ2n) is 5.69. The molecule has 0 heterocycles. The Morgan fingerprint density at radius 1 is 0.885 bits per heavy atom. The van der Waals surface area contributed by atoms with Crippen LogP contribution < -0.4 is 10.6 Å². The Morgan fingerprint density at radius 2 is 1.46 bits per heavy atom. The second-order valence-corrected chi connectivity index (χ2v) is 5.69. The fraction of sp³-hybridized carbons (Fsp3) is 0.500. The summed E-state index contributed by atoms with van der Waals surface area (Å²) in [6.45, 7) is 5.41. The molecule has 2 N–H and O–H groups in total. The van der Waals surface area contributed by atoms with Crippen molar-refractivity contribution in [2.24, 2.45) is 0 Å². The number of ketones is 2. The van der Waals surface area contributed by atoms with Crippen LogP contribution in [0, 0.1) is 0 Å². The first-order chi connectivity index (χ1) is 12.4. The van der Waals surface area contributed by atoms with Gasteiger partial charge in [-0.25, -0.2) is 0 Å². The number of rotatable bonds is 10. The Balaban J connectivity index is 0.00000301. The van der Waals surface area contributed by atoms with Gasteiger partial charge in [0.1, 0.15) is 11.6 Å². The maximum Gasteiger partial charge on any atom is 0.224 e. The van der Waals surface area contributed by atoms with Crippen molar-refractivity contribution in [3.05, 3.63) is 29.8 Å². The first-order valence-corrected chi connectivity index (χ1v) is 9.01. The number of anilines is 1. The predicted octanol–water partition coefficient (Wildman–Crippen LogP) is 3.05. The summed E-state index contributed by atoms with van der Waals surface area (Å²) in [5, 5.41) is 5.28. The van der Waals surface area contributed by atoms with Gasteiger partial charge in [0.25, 0.3) is 0 Å². The molecule has 1 aromatic rings. The molecule has 6 nitrogen and oxygen atoms in total. The summed E-state index contributed by atoms with van der Waals surface area (Å²) in [4.78, 5) is 45.2. The highest BCUT2D eigenvalue weighted by molar-refractivity contribution is 5.98. The summed E-state index contributed by atoms with van der Waals surface area (Å²) in [7, 11) is 1.57. The molecule has 0 saturated heterocycles. The highest BCUT2D eigenvalue weighted by Gasteiger charge is 2.07. The van der Waals surface area contributed by atoms with Crippen LogP contribution in [0.5, 0.6) is 0 Å². The second kappa shape index (κ2) is 13.8. The van der Waals surface area contributed by atoms with Crippen LogP contribution in [-0.4, -0.2) is 30.4 Å². The van der Waals surface area contributed by atoms with E-state index in [1.54, 1.807) is 19.2 Å². The van der Waals surface area contributed by atoms with E-state index in [4.69, 9.17) is 0 Å². The van der Waals surface area contributed by atoms with Crippen LogP contribution in [0.15, 0.2) is 24.3 Å². The highest BCUT2D eigenvalue weighted by atomic mass is 16.2. The van der Waals surface area contributed by atoms with Gasteiger partial charge in [0, 0.05) is 32.0 Å². The Kier molecular flexibility index (Phi) is 12.4. The lowest BCUT2D eigenvalue weighted by atomic mass is 10.0. The van der Waals surface area contributed by atoms with E-state index < -0.39 is 0 Å². The number of aryl methyl sites for hydroxylation is 1. The van der Waals surface area contributed by atoms with Gasteiger partial charge in [-0.2, -0.15) is 0 Å². The normalized spacial score (nSPS) is 9.54. The number of carbonyl (C=O) groups is 4. The highest BCUT2D eigenvalue weighted by Crippen LogP contribution is 2.12. The lowest BCUT2D eigenvalue weighted by Crippen LogP contribution is -2.18. The number of hydrogen-bond acceptors (Lipinski definition) is 4. The van der Waals surface area contributed by atoms with E-state index in [2.05, 4.69) is 10.6 Å². The molecule has 0 atom stereocenters. The smallest absolute Gasteiger partial charge is 0.224 e. The number of amides is 2. The zero-order chi connectivity index (χ0) is 19.9. The molecule has 0 unspecified atom stereocenters. The maximum absolute atomic E-state index is 11.8. The molecule has 1 rings (SSSR count). The molecule has 0 aliphatic carbocycles. The summed E-state index contributed by atoms with van der Waals surface area (Å²) >= 11 is 0. The number of Topliss-reactive ketones (excluding diaryl/α,β-unsaturated/α-hetero) is 2. The van der Waals surface area contributed by atoms with Gasteiger partial charge in [-0.3, -0.25) is 19.2 Å². The molecule has 0 aliphatic rings. The fourth-order valence-electron chi connectivity index (χ4n) is 2.16. The lowest BCUT2D eigenvalue weighted by Gasteiger charge is -2.06. The zero-order valence-corrected chi connectivity index (χ0v) is 16.2. The topological polar surface area (TPSA) is 92.3 Å². The number of hydrogen-bond donors (Lipinski definition) is 2. The van der Waals surface area contributed by atoms with Gasteiger partial charge in [-0.1, -0.05) is 26.0 Å². The molecule has 0 aliphatic heterocycles. The third-order valence-electron chi connectivity index (χ3n) is 3.46. The maximum atomic E-state index is 11.8. The van der Waals surface area contributed by atoms with E-state index in [0.717, 1.165) is 5.56 Å². The summed E-state index contributed by atoms with van der Waals surface area (Å²) < 4.78 is 0. The molecule has 1 aromatic carbocycles. The van der Waals surface area contributed by atoms with E-state index in [9.17, 15) is 19.2 Å². The van der Waals surface area contributed by atoms with E-state index in [-0.39, 0.29) is 36.2 Å². The molecular formula is C20H30N2O4. The summed E-state index contributed by atoms with van der Waals surface area (Å²) in [6, 6.07) is 7.26. The third-order valence-corrected chi connectivity index (χ3v) is 3.46. The monoisotopic (exact) mass is 362 g/mol. The zero-order valence-electron chi connectivity index (χ0n) is 16.2. The Bertz CT molecular complexity index is 594. The van der Waals surface area contributed by atoms with Gasteiger partial charge >= 0.3 is 0 Å². The average Bonchev–Trinajstić information content (AvgIpc) is 2.62.